The number of benzene rings is 1. The van der Waals surface area contributed by atoms with Crippen LogP contribution in [0.3, 0.4) is 0 Å². The van der Waals surface area contributed by atoms with E-state index in [9.17, 15) is 9.90 Å². The molecule has 0 bridgehead atoms. The maximum Gasteiger partial charge on any atom is 0.234 e. The molecule has 2 heterocycles. The third-order valence-corrected chi connectivity index (χ3v) is 5.72. The Morgan fingerprint density at radius 3 is 2.55 bits per heavy atom. The zero-order chi connectivity index (χ0) is 20.8. The van der Waals surface area contributed by atoms with Gasteiger partial charge >= 0.3 is 0 Å². The van der Waals surface area contributed by atoms with Crippen molar-refractivity contribution in [3.63, 3.8) is 0 Å². The quantitative estimate of drug-likeness (QED) is 0.318. The number of phenols is 1. The fourth-order valence-corrected chi connectivity index (χ4v) is 4.34. The van der Waals surface area contributed by atoms with Crippen molar-refractivity contribution in [3.8, 4) is 5.75 Å². The molecule has 0 spiro atoms. The van der Waals surface area contributed by atoms with Crippen molar-refractivity contribution in [3.05, 3.63) is 47.5 Å². The molecule has 29 heavy (non-hydrogen) atoms. The molecule has 3 rings (SSSR count). The molecule has 10 heteroatoms. The van der Waals surface area contributed by atoms with E-state index in [1.54, 1.807) is 18.2 Å². The van der Waals surface area contributed by atoms with E-state index in [0.717, 1.165) is 17.2 Å². The second-order valence-corrected chi connectivity index (χ2v) is 8.10. The molecule has 1 aromatic carbocycles. The van der Waals surface area contributed by atoms with Gasteiger partial charge in [0.25, 0.3) is 0 Å². The van der Waals surface area contributed by atoms with E-state index < -0.39 is 0 Å². The summed E-state index contributed by atoms with van der Waals surface area (Å²) in [6.07, 6.45) is 0. The van der Waals surface area contributed by atoms with Gasteiger partial charge in [-0.3, -0.25) is 4.79 Å². The number of carbonyl (C=O) groups excluding carboxylic acids is 1. The lowest BCUT2D eigenvalue weighted by Crippen LogP contribution is -2.14. The highest BCUT2D eigenvalue weighted by molar-refractivity contribution is 7.99. The van der Waals surface area contributed by atoms with E-state index in [-0.39, 0.29) is 17.4 Å². The van der Waals surface area contributed by atoms with E-state index in [2.05, 4.69) is 25.5 Å². The predicted octanol–water partition coefficient (Wildman–Crippen LogP) is 3.43. The molecular formula is C19H22N6O2S2. The van der Waals surface area contributed by atoms with Gasteiger partial charge in [-0.05, 0) is 39.0 Å². The van der Waals surface area contributed by atoms with Gasteiger partial charge in [-0.25, -0.2) is 9.97 Å². The number of thioether (sulfide) groups is 2. The SMILES string of the molecule is CCn1c(CSc2nc(C)cc(C)n2)nnc1SCC(=O)Nc1ccccc1O. The highest BCUT2D eigenvalue weighted by Gasteiger charge is 2.15. The lowest BCUT2D eigenvalue weighted by molar-refractivity contribution is -0.113. The van der Waals surface area contributed by atoms with Gasteiger partial charge in [-0.1, -0.05) is 35.7 Å². The van der Waals surface area contributed by atoms with Crippen molar-refractivity contribution in [2.45, 2.75) is 43.4 Å². The number of phenolic OH excluding ortho intramolecular Hbond substituents is 1. The number of aromatic hydroxyl groups is 1. The van der Waals surface area contributed by atoms with E-state index in [1.807, 2.05) is 31.4 Å². The summed E-state index contributed by atoms with van der Waals surface area (Å²) in [7, 11) is 0. The molecule has 2 aromatic heterocycles. The van der Waals surface area contributed by atoms with Gasteiger partial charge in [-0.2, -0.15) is 0 Å². The molecule has 0 saturated heterocycles. The van der Waals surface area contributed by atoms with E-state index in [0.29, 0.717) is 28.3 Å². The molecule has 3 aromatic rings. The molecule has 0 atom stereocenters. The molecule has 0 saturated carbocycles. The molecule has 8 nitrogen and oxygen atoms in total. The number of rotatable bonds is 8. The number of hydrogen-bond acceptors (Lipinski definition) is 8. The molecule has 0 aliphatic heterocycles. The Bertz CT molecular complexity index is 988. The number of nitrogens with zero attached hydrogens (tertiary/aromatic N) is 5. The summed E-state index contributed by atoms with van der Waals surface area (Å²) in [4.78, 5) is 21.1. The first-order chi connectivity index (χ1) is 14.0. The van der Waals surface area contributed by atoms with Gasteiger partial charge in [0.15, 0.2) is 10.3 Å². The molecule has 1 amide bonds. The molecule has 0 unspecified atom stereocenters. The van der Waals surface area contributed by atoms with Gasteiger partial charge < -0.3 is 15.0 Å². The lowest BCUT2D eigenvalue weighted by atomic mass is 10.3. The minimum absolute atomic E-state index is 0.0375. The minimum atomic E-state index is -0.221. The molecule has 152 valence electrons. The number of anilines is 1. The maximum absolute atomic E-state index is 12.2. The Morgan fingerprint density at radius 1 is 1.14 bits per heavy atom. The molecular weight excluding hydrogens is 408 g/mol. The summed E-state index contributed by atoms with van der Waals surface area (Å²) in [6.45, 7) is 6.60. The van der Waals surface area contributed by atoms with Crippen molar-refractivity contribution in [1.29, 1.82) is 0 Å². The normalized spacial score (nSPS) is 10.9. The first-order valence-corrected chi connectivity index (χ1v) is 11.0. The van der Waals surface area contributed by atoms with Crippen LogP contribution in [0.2, 0.25) is 0 Å². The van der Waals surface area contributed by atoms with E-state index in [4.69, 9.17) is 0 Å². The predicted molar refractivity (Wildman–Crippen MR) is 114 cm³/mol. The lowest BCUT2D eigenvalue weighted by Gasteiger charge is -2.08. The monoisotopic (exact) mass is 430 g/mol. The summed E-state index contributed by atoms with van der Waals surface area (Å²) < 4.78 is 1.98. The summed E-state index contributed by atoms with van der Waals surface area (Å²) in [5.41, 5.74) is 2.26. The third kappa shape index (κ3) is 5.70. The van der Waals surface area contributed by atoms with Gasteiger partial charge in [0.2, 0.25) is 5.91 Å². The number of aromatic nitrogens is 5. The zero-order valence-electron chi connectivity index (χ0n) is 16.4. The largest absolute Gasteiger partial charge is 0.506 e. The number of aryl methyl sites for hydroxylation is 2. The Kier molecular flexibility index (Phi) is 7.10. The number of amides is 1. The smallest absolute Gasteiger partial charge is 0.234 e. The first-order valence-electron chi connectivity index (χ1n) is 9.04. The van der Waals surface area contributed by atoms with Crippen LogP contribution < -0.4 is 5.32 Å². The average Bonchev–Trinajstić information content (AvgIpc) is 3.07. The van der Waals surface area contributed by atoms with Gasteiger partial charge in [-0.15, -0.1) is 10.2 Å². The standard InChI is InChI=1S/C19H22N6O2S2/c1-4-25-16(10-28-18-20-12(2)9-13(3)21-18)23-24-19(25)29-11-17(27)22-14-7-5-6-8-15(14)26/h5-9,26H,4,10-11H2,1-3H3,(H,22,27). The Labute approximate surface area is 177 Å². The molecule has 0 aliphatic rings. The topological polar surface area (TPSA) is 106 Å². The van der Waals surface area contributed by atoms with E-state index >= 15 is 0 Å². The fourth-order valence-electron chi connectivity index (χ4n) is 2.63. The Hall–Kier alpha value is -2.59. The minimum Gasteiger partial charge on any atom is -0.506 e. The van der Waals surface area contributed by atoms with Crippen molar-refractivity contribution in [1.82, 2.24) is 24.7 Å². The Balaban J connectivity index is 1.60. The Morgan fingerprint density at radius 2 is 1.86 bits per heavy atom. The second kappa shape index (κ2) is 9.75. The maximum atomic E-state index is 12.2. The zero-order valence-corrected chi connectivity index (χ0v) is 18.0. The number of para-hydroxylation sites is 2. The summed E-state index contributed by atoms with van der Waals surface area (Å²) in [5.74, 6) is 1.38. The van der Waals surface area contributed by atoms with Crippen LogP contribution in [0, 0.1) is 13.8 Å². The second-order valence-electron chi connectivity index (χ2n) is 6.22. The molecule has 2 N–H and O–H groups in total. The van der Waals surface area contributed by atoms with Crippen molar-refractivity contribution in [2.75, 3.05) is 11.1 Å². The van der Waals surface area contributed by atoms with Crippen molar-refractivity contribution < 1.29 is 9.90 Å². The fraction of sp³-hybridized carbons (Fsp3) is 0.316. The van der Waals surface area contributed by atoms with Crippen molar-refractivity contribution in [2.24, 2.45) is 0 Å². The van der Waals surface area contributed by atoms with Gasteiger partial charge in [0, 0.05) is 17.9 Å². The van der Waals surface area contributed by atoms with Crippen LogP contribution in [-0.4, -0.2) is 41.5 Å². The number of carbonyl (C=O) groups is 1. The molecule has 0 aliphatic carbocycles. The van der Waals surface area contributed by atoms with E-state index in [1.165, 1.54) is 29.6 Å². The van der Waals surface area contributed by atoms with Crippen LogP contribution in [-0.2, 0) is 17.1 Å². The van der Waals surface area contributed by atoms with Crippen LogP contribution in [0.4, 0.5) is 5.69 Å². The third-order valence-electron chi connectivity index (χ3n) is 3.91. The van der Waals surface area contributed by atoms with Crippen molar-refractivity contribution >= 4 is 35.1 Å². The summed E-state index contributed by atoms with van der Waals surface area (Å²) in [5, 5.41) is 22.3. The average molecular weight is 431 g/mol. The molecule has 0 radical (unpaired) electrons. The van der Waals surface area contributed by atoms with Gasteiger partial charge in [0.1, 0.15) is 11.6 Å². The van der Waals surface area contributed by atoms with Crippen LogP contribution >= 0.6 is 23.5 Å². The molecule has 0 fully saturated rings. The van der Waals surface area contributed by atoms with Crippen LogP contribution in [0.15, 0.2) is 40.6 Å². The summed E-state index contributed by atoms with van der Waals surface area (Å²) >= 11 is 2.82. The summed E-state index contributed by atoms with van der Waals surface area (Å²) in [6, 6.07) is 8.57. The van der Waals surface area contributed by atoms with Crippen LogP contribution in [0.25, 0.3) is 0 Å². The van der Waals surface area contributed by atoms with Gasteiger partial charge in [0.05, 0.1) is 17.2 Å². The van der Waals surface area contributed by atoms with Crippen LogP contribution in [0.5, 0.6) is 5.75 Å². The highest BCUT2D eigenvalue weighted by atomic mass is 32.2. The highest BCUT2D eigenvalue weighted by Crippen LogP contribution is 2.24. The van der Waals surface area contributed by atoms with Crippen LogP contribution in [0.1, 0.15) is 24.1 Å². The number of hydrogen-bond donors (Lipinski definition) is 2. The number of nitrogens with one attached hydrogen (secondary N) is 1. The first kappa shape index (κ1) is 21.1.